The van der Waals surface area contributed by atoms with E-state index in [0.717, 1.165) is 31.6 Å². The van der Waals surface area contributed by atoms with Crippen molar-refractivity contribution in [3.8, 4) is 0 Å². The molecule has 5 heteroatoms. The van der Waals surface area contributed by atoms with Gasteiger partial charge in [0.25, 0.3) is 0 Å². The Labute approximate surface area is 119 Å². The SMILES string of the molecule is CC(C)n1ncc(Cl)c1C1(O)CCN2CCCCC21. The minimum absolute atomic E-state index is 0.202. The number of aliphatic hydroxyl groups is 1. The highest BCUT2D eigenvalue weighted by atomic mass is 35.5. The van der Waals surface area contributed by atoms with Crippen molar-refractivity contribution in [3.05, 3.63) is 16.9 Å². The Morgan fingerprint density at radius 1 is 1.42 bits per heavy atom. The van der Waals surface area contributed by atoms with E-state index in [0.29, 0.717) is 5.02 Å². The first-order valence-electron chi connectivity index (χ1n) is 7.24. The zero-order chi connectivity index (χ0) is 13.6. The summed E-state index contributed by atoms with van der Waals surface area (Å²) in [5, 5.41) is 16.2. The highest BCUT2D eigenvalue weighted by Crippen LogP contribution is 2.44. The van der Waals surface area contributed by atoms with Gasteiger partial charge in [-0.05, 0) is 39.7 Å². The maximum absolute atomic E-state index is 11.3. The van der Waals surface area contributed by atoms with Crippen LogP contribution in [-0.4, -0.2) is 38.9 Å². The molecule has 0 aromatic carbocycles. The van der Waals surface area contributed by atoms with Gasteiger partial charge in [0.1, 0.15) is 5.60 Å². The Balaban J connectivity index is 2.03. The van der Waals surface area contributed by atoms with Crippen LogP contribution >= 0.6 is 11.6 Å². The first-order valence-corrected chi connectivity index (χ1v) is 7.62. The van der Waals surface area contributed by atoms with Crippen molar-refractivity contribution in [2.24, 2.45) is 0 Å². The van der Waals surface area contributed by atoms with Crippen molar-refractivity contribution in [2.75, 3.05) is 13.1 Å². The summed E-state index contributed by atoms with van der Waals surface area (Å²) in [5.74, 6) is 0. The third-order valence-electron chi connectivity index (χ3n) is 4.60. The van der Waals surface area contributed by atoms with Crippen molar-refractivity contribution in [2.45, 2.75) is 57.2 Å². The number of fused-ring (bicyclic) bond motifs is 1. The molecule has 1 aromatic rings. The van der Waals surface area contributed by atoms with E-state index in [2.05, 4.69) is 23.8 Å². The molecule has 0 spiro atoms. The Bertz CT molecular complexity index is 473. The van der Waals surface area contributed by atoms with Gasteiger partial charge in [-0.1, -0.05) is 18.0 Å². The molecule has 3 rings (SSSR count). The normalized spacial score (nSPS) is 31.9. The third-order valence-corrected chi connectivity index (χ3v) is 4.87. The van der Waals surface area contributed by atoms with Crippen molar-refractivity contribution < 1.29 is 5.11 Å². The lowest BCUT2D eigenvalue weighted by Gasteiger charge is -2.38. The number of aromatic nitrogens is 2. The summed E-state index contributed by atoms with van der Waals surface area (Å²) in [5.41, 5.74) is -0.0169. The van der Waals surface area contributed by atoms with E-state index in [4.69, 9.17) is 11.6 Å². The quantitative estimate of drug-likeness (QED) is 0.907. The minimum Gasteiger partial charge on any atom is -0.382 e. The molecule has 2 aliphatic rings. The molecule has 0 amide bonds. The molecule has 0 radical (unpaired) electrons. The number of halogens is 1. The molecule has 106 valence electrons. The van der Waals surface area contributed by atoms with E-state index in [9.17, 15) is 5.11 Å². The van der Waals surface area contributed by atoms with Crippen LogP contribution in [0.2, 0.25) is 5.02 Å². The van der Waals surface area contributed by atoms with Gasteiger partial charge < -0.3 is 5.11 Å². The van der Waals surface area contributed by atoms with Gasteiger partial charge in [0, 0.05) is 18.6 Å². The van der Waals surface area contributed by atoms with Crippen LogP contribution in [-0.2, 0) is 5.60 Å². The van der Waals surface area contributed by atoms with Gasteiger partial charge in [0.15, 0.2) is 0 Å². The molecular weight excluding hydrogens is 262 g/mol. The average Bonchev–Trinajstić information content (AvgIpc) is 2.93. The molecule has 2 unspecified atom stereocenters. The topological polar surface area (TPSA) is 41.3 Å². The van der Waals surface area contributed by atoms with E-state index >= 15 is 0 Å². The van der Waals surface area contributed by atoms with Crippen molar-refractivity contribution in [3.63, 3.8) is 0 Å². The monoisotopic (exact) mass is 283 g/mol. The lowest BCUT2D eigenvalue weighted by atomic mass is 9.86. The van der Waals surface area contributed by atoms with Gasteiger partial charge in [0.2, 0.25) is 0 Å². The lowest BCUT2D eigenvalue weighted by molar-refractivity contribution is -0.0214. The smallest absolute Gasteiger partial charge is 0.124 e. The number of rotatable bonds is 2. The van der Waals surface area contributed by atoms with Gasteiger partial charge in [-0.3, -0.25) is 9.58 Å². The third kappa shape index (κ3) is 2.01. The lowest BCUT2D eigenvalue weighted by Crippen LogP contribution is -2.46. The van der Waals surface area contributed by atoms with Crippen LogP contribution in [0.25, 0.3) is 0 Å². The van der Waals surface area contributed by atoms with Gasteiger partial charge in [-0.25, -0.2) is 0 Å². The molecule has 19 heavy (non-hydrogen) atoms. The molecular formula is C14H22ClN3O. The van der Waals surface area contributed by atoms with Gasteiger partial charge in [-0.2, -0.15) is 5.10 Å². The molecule has 2 aliphatic heterocycles. The van der Waals surface area contributed by atoms with Crippen LogP contribution in [0, 0.1) is 0 Å². The number of nitrogens with zero attached hydrogens (tertiary/aromatic N) is 3. The van der Waals surface area contributed by atoms with Gasteiger partial charge in [0.05, 0.1) is 16.9 Å². The number of piperidine rings is 1. The zero-order valence-corrected chi connectivity index (χ0v) is 12.4. The first-order chi connectivity index (χ1) is 9.04. The number of hydrogen-bond donors (Lipinski definition) is 1. The summed E-state index contributed by atoms with van der Waals surface area (Å²) in [6, 6.07) is 0.414. The summed E-state index contributed by atoms with van der Waals surface area (Å²) in [7, 11) is 0. The van der Waals surface area contributed by atoms with Crippen LogP contribution in [0.1, 0.15) is 51.3 Å². The summed E-state index contributed by atoms with van der Waals surface area (Å²) in [6.45, 7) is 6.20. The number of hydrogen-bond acceptors (Lipinski definition) is 3. The first kappa shape index (κ1) is 13.4. The maximum Gasteiger partial charge on any atom is 0.124 e. The summed E-state index contributed by atoms with van der Waals surface area (Å²) < 4.78 is 1.89. The Morgan fingerprint density at radius 3 is 2.95 bits per heavy atom. The molecule has 2 atom stereocenters. The minimum atomic E-state index is -0.835. The Morgan fingerprint density at radius 2 is 2.21 bits per heavy atom. The summed E-state index contributed by atoms with van der Waals surface area (Å²) >= 11 is 6.33. The van der Waals surface area contributed by atoms with E-state index < -0.39 is 5.60 Å². The fourth-order valence-corrected chi connectivity index (χ4v) is 3.99. The highest BCUT2D eigenvalue weighted by Gasteiger charge is 2.50. The molecule has 0 bridgehead atoms. The Kier molecular flexibility index (Phi) is 3.36. The van der Waals surface area contributed by atoms with E-state index in [-0.39, 0.29) is 12.1 Å². The van der Waals surface area contributed by atoms with E-state index in [1.807, 2.05) is 4.68 Å². The van der Waals surface area contributed by atoms with Crippen LogP contribution in [0.4, 0.5) is 0 Å². The van der Waals surface area contributed by atoms with Crippen LogP contribution in [0.5, 0.6) is 0 Å². The second-order valence-corrected chi connectivity index (χ2v) is 6.51. The summed E-state index contributed by atoms with van der Waals surface area (Å²) in [4.78, 5) is 2.41. The molecule has 1 aromatic heterocycles. The molecule has 0 saturated carbocycles. The average molecular weight is 284 g/mol. The van der Waals surface area contributed by atoms with Gasteiger partial charge in [-0.15, -0.1) is 0 Å². The largest absolute Gasteiger partial charge is 0.382 e. The van der Waals surface area contributed by atoms with E-state index in [1.54, 1.807) is 6.20 Å². The maximum atomic E-state index is 11.3. The predicted octanol–water partition coefficient (Wildman–Crippen LogP) is 2.56. The second-order valence-electron chi connectivity index (χ2n) is 6.10. The molecule has 2 saturated heterocycles. The van der Waals surface area contributed by atoms with Crippen molar-refractivity contribution >= 4 is 11.6 Å². The molecule has 2 fully saturated rings. The second kappa shape index (κ2) is 4.76. The van der Waals surface area contributed by atoms with Crippen molar-refractivity contribution in [1.82, 2.24) is 14.7 Å². The predicted molar refractivity (Wildman–Crippen MR) is 75.3 cm³/mol. The van der Waals surface area contributed by atoms with Crippen LogP contribution in [0.3, 0.4) is 0 Å². The Hall–Kier alpha value is -0.580. The molecule has 1 N–H and O–H groups in total. The van der Waals surface area contributed by atoms with E-state index in [1.165, 1.54) is 12.8 Å². The van der Waals surface area contributed by atoms with Crippen molar-refractivity contribution in [1.29, 1.82) is 0 Å². The van der Waals surface area contributed by atoms with Crippen LogP contribution < -0.4 is 0 Å². The molecule has 4 nitrogen and oxygen atoms in total. The summed E-state index contributed by atoms with van der Waals surface area (Å²) in [6.07, 6.45) is 5.91. The fourth-order valence-electron chi connectivity index (χ4n) is 3.69. The standard InChI is InChI=1S/C14H22ClN3O/c1-10(2)18-13(11(15)9-16-18)14(19)6-8-17-7-4-3-5-12(14)17/h9-10,12,19H,3-8H2,1-2H3. The fraction of sp³-hybridized carbons (Fsp3) is 0.786. The van der Waals surface area contributed by atoms with Crippen LogP contribution in [0.15, 0.2) is 6.20 Å². The zero-order valence-electron chi connectivity index (χ0n) is 11.6. The molecule has 0 aliphatic carbocycles. The van der Waals surface area contributed by atoms with Gasteiger partial charge >= 0.3 is 0 Å². The highest BCUT2D eigenvalue weighted by molar-refractivity contribution is 6.31. The molecule has 3 heterocycles.